The van der Waals surface area contributed by atoms with E-state index in [1.807, 2.05) is 0 Å². The van der Waals surface area contributed by atoms with Gasteiger partial charge in [0.2, 0.25) is 0 Å². The zero-order valence-electron chi connectivity index (χ0n) is 74.8. The van der Waals surface area contributed by atoms with Crippen LogP contribution in [0.1, 0.15) is 259 Å². The lowest BCUT2D eigenvalue weighted by molar-refractivity contribution is -0.221. The molecule has 35 rings (SSSR count). The quantitative estimate of drug-likeness (QED) is 0.114. The first kappa shape index (κ1) is 78.9. The monoisotopic (exact) mass is 1650 g/mol. The van der Waals surface area contributed by atoms with Crippen LogP contribution in [0.5, 0.6) is 0 Å². The van der Waals surface area contributed by atoms with Crippen LogP contribution in [0.3, 0.4) is 0 Å². The Hall–Kier alpha value is -9.36. The van der Waals surface area contributed by atoms with Gasteiger partial charge in [-0.2, -0.15) is 0 Å². The van der Waals surface area contributed by atoms with Crippen LogP contribution < -0.4 is 0 Å². The Morgan fingerprint density at radius 3 is 0.437 bits per heavy atom. The Morgan fingerprint density at radius 1 is 0.111 bits per heavy atom. The third-order valence-electron chi connectivity index (χ3n) is 39.9. The Labute approximate surface area is 754 Å². The lowest BCUT2D eigenvalue weighted by atomic mass is 9.29. The van der Waals surface area contributed by atoms with E-state index in [0.717, 1.165) is 71.0 Å². The first-order chi connectivity index (χ1) is 61.8. The largest absolute Gasteiger partial charge is 0.0622 e. The molecule has 0 aliphatic heterocycles. The highest BCUT2D eigenvalue weighted by Gasteiger charge is 2.73. The third-order valence-corrected chi connectivity index (χ3v) is 39.9. The van der Waals surface area contributed by atoms with Gasteiger partial charge in [0.1, 0.15) is 0 Å². The maximum Gasteiger partial charge on any atom is -0.00215 e. The fraction of sp³-hybridized carbons (Fsp3) is 0.429. The van der Waals surface area contributed by atoms with Crippen molar-refractivity contribution < 1.29 is 0 Å². The van der Waals surface area contributed by atoms with Gasteiger partial charge < -0.3 is 0 Å². The second kappa shape index (κ2) is 30.1. The summed E-state index contributed by atoms with van der Waals surface area (Å²) in [5.41, 5.74) is 23.5. The highest BCUT2D eigenvalue weighted by Crippen LogP contribution is 2.79. The molecule has 0 unspecified atom stereocenters. The molecule has 0 saturated heterocycles. The SMILES string of the molecule is c1ccc(C23CC4(c5ccccc5)CC(c5ccccc5)(C2)CC(c2ccccc2)(C3)C4)cc1.c1ccc(C23CC4C5CC6(c7ccccc7)CC4C(C2)C(C6)C5C3)cc1.c1ccc(C23CC4CC(C2)CC(c2ccccc2)(C4)C3)cc1.c1ccc(C23CC4CC(CC(C4)C2)C3)cc1.c1ccc(C23CC4CC(c5ccccc5)(C2)CC(c2ccccc2)(C4)C3)cc1. The summed E-state index contributed by atoms with van der Waals surface area (Å²) in [6, 6.07) is 138. The summed E-state index contributed by atoms with van der Waals surface area (Å²) in [6.07, 6.45) is 42.3. The molecule has 23 saturated carbocycles. The average Bonchev–Trinajstić information content (AvgIpc) is 0.664. The molecule has 0 heteroatoms. The molecule has 23 aliphatic carbocycles. The normalized spacial score (nSPS) is 39.8. The lowest BCUT2D eigenvalue weighted by Crippen LogP contribution is -2.69. The molecule has 12 aromatic carbocycles. The first-order valence-electron chi connectivity index (χ1n) is 50.5. The highest BCUT2D eigenvalue weighted by atomic mass is 14.8. The molecule has 126 heavy (non-hydrogen) atoms. The molecule has 636 valence electrons. The molecule has 0 spiro atoms. The standard InChI is InChI=1S/C34H32.C28H28.C26H28.C22H24.C16H20/c1-5-13-27(14-6-1)31-21-32(28-15-7-2-8-16-28)24-33(22-31,29-17-9-3-10-18-29)26-34(23-31,25-32)30-19-11-4-12-20-30;1-4-10-23(11-5-1)26-16-22-17-27(19-26,24-12-6-2-7-13-24)21-28(18-22,20-26)25-14-8-3-9-15-25;1-3-7-17(8-4-1)25-11-19-22-14-26(18-9-5-2-6-10-18)15-23(19)21(13-25)24(16-26)20(22)12-25;1-3-7-19(8-4-1)21-12-17-11-18(13-21)15-22(14-17,16-21)20-9-5-2-6-10-20;1-2-4-15(5-3-1)16-9-12-6-13(10-16)8-14(7-12)11-16/h1-20H,21-26H2;1-15,22H,16-21H2;1-10,19-24H,11-16H2;1-10,17-18H,11-16H2;1-5,12-14H,6-11H2. The van der Waals surface area contributed by atoms with Crippen molar-refractivity contribution in [2.45, 2.75) is 258 Å². The third kappa shape index (κ3) is 12.9. The van der Waals surface area contributed by atoms with Crippen LogP contribution >= 0.6 is 0 Å². The van der Waals surface area contributed by atoms with Gasteiger partial charge in [-0.3, -0.25) is 0 Å². The van der Waals surface area contributed by atoms with E-state index in [1.165, 1.54) is 173 Å². The van der Waals surface area contributed by atoms with Crippen molar-refractivity contribution in [3.8, 4) is 0 Å². The van der Waals surface area contributed by atoms with Gasteiger partial charge in [0, 0.05) is 0 Å². The molecule has 0 heterocycles. The summed E-state index contributed by atoms with van der Waals surface area (Å²) < 4.78 is 0. The smallest absolute Gasteiger partial charge is 0.00215 e. The van der Waals surface area contributed by atoms with E-state index in [4.69, 9.17) is 0 Å². The van der Waals surface area contributed by atoms with Gasteiger partial charge in [-0.05, 0) is 395 Å². The van der Waals surface area contributed by atoms with E-state index < -0.39 is 0 Å². The molecular formula is C126H132. The molecular weight excluding hydrogens is 1510 g/mol. The minimum absolute atomic E-state index is 0.192. The Bertz CT molecular complexity index is 5180. The fourth-order valence-electron chi connectivity index (χ4n) is 37.8. The molecule has 23 fully saturated rings. The van der Waals surface area contributed by atoms with Gasteiger partial charge in [0.15, 0.2) is 0 Å². The van der Waals surface area contributed by atoms with Crippen molar-refractivity contribution in [2.24, 2.45) is 71.0 Å². The summed E-state index contributed by atoms with van der Waals surface area (Å²) >= 11 is 0. The minimum Gasteiger partial charge on any atom is -0.0622 e. The zero-order chi connectivity index (χ0) is 83.5. The van der Waals surface area contributed by atoms with E-state index in [1.54, 1.807) is 86.0 Å². The van der Waals surface area contributed by atoms with Gasteiger partial charge in [-0.15, -0.1) is 0 Å². The van der Waals surface area contributed by atoms with E-state index >= 15 is 0 Å². The number of benzene rings is 12. The lowest BCUT2D eigenvalue weighted by Gasteiger charge is -2.75. The maximum absolute atomic E-state index is 2.44. The molecule has 0 amide bonds. The van der Waals surface area contributed by atoms with Gasteiger partial charge in [-0.1, -0.05) is 364 Å². The Morgan fingerprint density at radius 2 is 0.238 bits per heavy atom. The number of rotatable bonds is 12. The van der Waals surface area contributed by atoms with Gasteiger partial charge in [-0.25, -0.2) is 0 Å². The van der Waals surface area contributed by atoms with Gasteiger partial charge in [0.05, 0.1) is 0 Å². The second-order valence-electron chi connectivity index (χ2n) is 46.9. The van der Waals surface area contributed by atoms with Crippen LogP contribution in [-0.4, -0.2) is 0 Å². The fourth-order valence-corrected chi connectivity index (χ4v) is 37.8. The van der Waals surface area contributed by atoms with Crippen molar-refractivity contribution in [3.63, 3.8) is 0 Å². The molecule has 0 radical (unpaired) electrons. The molecule has 23 aliphatic rings. The van der Waals surface area contributed by atoms with Crippen LogP contribution in [-0.2, 0) is 65.0 Å². The minimum atomic E-state index is 0.192. The molecule has 0 atom stereocenters. The Kier molecular flexibility index (Phi) is 18.8. The van der Waals surface area contributed by atoms with Crippen molar-refractivity contribution in [2.75, 3.05) is 0 Å². The van der Waals surface area contributed by atoms with E-state index in [9.17, 15) is 0 Å². The van der Waals surface area contributed by atoms with Crippen LogP contribution in [0.25, 0.3) is 0 Å². The van der Waals surface area contributed by atoms with Crippen molar-refractivity contribution >= 4 is 0 Å². The molecule has 12 aromatic rings. The summed E-state index contributed by atoms with van der Waals surface area (Å²) in [4.78, 5) is 0. The van der Waals surface area contributed by atoms with Crippen LogP contribution in [0.15, 0.2) is 364 Å². The molecule has 0 N–H and O–H groups in total. The van der Waals surface area contributed by atoms with Crippen LogP contribution in [0, 0.1) is 71.0 Å². The zero-order valence-corrected chi connectivity index (χ0v) is 74.8. The van der Waals surface area contributed by atoms with E-state index in [2.05, 4.69) is 364 Å². The summed E-state index contributed by atoms with van der Waals surface area (Å²) in [6.45, 7) is 0. The van der Waals surface area contributed by atoms with Gasteiger partial charge >= 0.3 is 0 Å². The molecule has 0 aromatic heterocycles. The topological polar surface area (TPSA) is 0 Å². The van der Waals surface area contributed by atoms with Crippen LogP contribution in [0.4, 0.5) is 0 Å². The van der Waals surface area contributed by atoms with Crippen LogP contribution in [0.2, 0.25) is 0 Å². The predicted octanol–water partition coefficient (Wildman–Crippen LogP) is 30.5. The van der Waals surface area contributed by atoms with Crippen molar-refractivity contribution in [1.82, 2.24) is 0 Å². The number of hydrogen-bond acceptors (Lipinski definition) is 0. The molecule has 0 nitrogen and oxygen atoms in total. The predicted molar refractivity (Wildman–Crippen MR) is 518 cm³/mol. The van der Waals surface area contributed by atoms with Gasteiger partial charge in [0.25, 0.3) is 0 Å². The van der Waals surface area contributed by atoms with Crippen molar-refractivity contribution in [1.29, 1.82) is 0 Å². The Balaban J connectivity index is 0.0000000874. The summed E-state index contributed by atoms with van der Waals surface area (Å²) in [7, 11) is 0. The first-order valence-corrected chi connectivity index (χ1v) is 50.5. The van der Waals surface area contributed by atoms with E-state index in [0.29, 0.717) is 43.3 Å². The second-order valence-corrected chi connectivity index (χ2v) is 46.9. The highest BCUT2D eigenvalue weighted by molar-refractivity contribution is 5.52. The number of hydrogen-bond donors (Lipinski definition) is 0. The van der Waals surface area contributed by atoms with Crippen molar-refractivity contribution in [3.05, 3.63) is 431 Å². The summed E-state index contributed by atoms with van der Waals surface area (Å²) in [5.74, 6) is 12.1. The maximum atomic E-state index is 2.44. The van der Waals surface area contributed by atoms with E-state index in [-0.39, 0.29) is 21.7 Å². The average molecular weight is 1650 g/mol. The molecule has 24 bridgehead atoms. The summed E-state index contributed by atoms with van der Waals surface area (Å²) in [5, 5.41) is 0.